The molecular weight excluding hydrogens is 338 g/mol. The van der Waals surface area contributed by atoms with Crippen molar-refractivity contribution in [1.82, 2.24) is 10.3 Å². The topological polar surface area (TPSA) is 86.5 Å². The molecule has 2 aromatic rings. The Hall–Kier alpha value is -2.12. The zero-order valence-corrected chi connectivity index (χ0v) is 15.7. The Kier molecular flexibility index (Phi) is 7.21. The first-order valence-electron chi connectivity index (χ1n) is 8.28. The summed E-state index contributed by atoms with van der Waals surface area (Å²) >= 11 is 1.43. The largest absolute Gasteiger partial charge is 0.497 e. The van der Waals surface area contributed by atoms with Gasteiger partial charge in [0.15, 0.2) is 0 Å². The van der Waals surface area contributed by atoms with Gasteiger partial charge in [-0.3, -0.25) is 4.79 Å². The summed E-state index contributed by atoms with van der Waals surface area (Å²) in [5, 5.41) is 5.43. The molecule has 1 amide bonds. The van der Waals surface area contributed by atoms with Crippen LogP contribution in [-0.2, 0) is 6.54 Å². The van der Waals surface area contributed by atoms with Crippen molar-refractivity contribution >= 4 is 17.2 Å². The second kappa shape index (κ2) is 9.39. The third-order valence-corrected chi connectivity index (χ3v) is 4.78. The van der Waals surface area contributed by atoms with Crippen LogP contribution < -0.4 is 20.5 Å². The second-order valence-corrected chi connectivity index (χ2v) is 6.61. The highest BCUT2D eigenvalue weighted by atomic mass is 32.1. The van der Waals surface area contributed by atoms with Crippen LogP contribution in [0, 0.1) is 0 Å². The van der Waals surface area contributed by atoms with Crippen LogP contribution in [0.25, 0.3) is 0 Å². The van der Waals surface area contributed by atoms with Crippen molar-refractivity contribution in [3.05, 3.63) is 39.8 Å². The van der Waals surface area contributed by atoms with E-state index in [-0.39, 0.29) is 11.9 Å². The monoisotopic (exact) mass is 363 g/mol. The molecule has 0 aliphatic carbocycles. The molecule has 0 bridgehead atoms. The molecule has 2 rings (SSSR count). The van der Waals surface area contributed by atoms with Gasteiger partial charge in [-0.1, -0.05) is 19.8 Å². The van der Waals surface area contributed by atoms with Gasteiger partial charge in [-0.2, -0.15) is 0 Å². The standard InChI is InChI=1S/C18H25N3O3S/c1-4-5-6-15(19)18-21-16(11-25-18)17(22)20-10-12-7-13(23-2)9-14(8-12)24-3/h7-9,11,15H,4-6,10,19H2,1-3H3,(H,20,22). The minimum absolute atomic E-state index is 0.103. The zero-order chi connectivity index (χ0) is 18.2. The van der Waals surface area contributed by atoms with Crippen LogP contribution in [0.2, 0.25) is 0 Å². The maximum Gasteiger partial charge on any atom is 0.271 e. The SMILES string of the molecule is CCCCC(N)c1nc(C(=O)NCc2cc(OC)cc(OC)c2)cs1. The molecule has 1 aromatic carbocycles. The Labute approximate surface area is 152 Å². The average Bonchev–Trinajstić information content (AvgIpc) is 3.14. The Balaban J connectivity index is 1.97. The number of amides is 1. The molecule has 1 atom stereocenters. The minimum atomic E-state index is -0.216. The van der Waals surface area contributed by atoms with E-state index >= 15 is 0 Å². The zero-order valence-electron chi connectivity index (χ0n) is 14.9. The Morgan fingerprint density at radius 3 is 2.56 bits per heavy atom. The van der Waals surface area contributed by atoms with Crippen LogP contribution in [0.15, 0.2) is 23.6 Å². The molecule has 136 valence electrons. The van der Waals surface area contributed by atoms with Crippen molar-refractivity contribution in [2.24, 2.45) is 5.73 Å². The summed E-state index contributed by atoms with van der Waals surface area (Å²) < 4.78 is 10.5. The summed E-state index contributed by atoms with van der Waals surface area (Å²) in [6.45, 7) is 2.49. The fourth-order valence-corrected chi connectivity index (χ4v) is 3.19. The molecule has 0 fully saturated rings. The number of benzene rings is 1. The predicted octanol–water partition coefficient (Wildman–Crippen LogP) is 3.28. The fourth-order valence-electron chi connectivity index (χ4n) is 2.35. The van der Waals surface area contributed by atoms with Crippen molar-refractivity contribution in [3.8, 4) is 11.5 Å². The normalized spacial score (nSPS) is 11.8. The lowest BCUT2D eigenvalue weighted by Crippen LogP contribution is -2.23. The summed E-state index contributed by atoms with van der Waals surface area (Å²) in [5.41, 5.74) is 7.40. The van der Waals surface area contributed by atoms with E-state index in [9.17, 15) is 4.79 Å². The Morgan fingerprint density at radius 2 is 1.96 bits per heavy atom. The smallest absolute Gasteiger partial charge is 0.271 e. The van der Waals surface area contributed by atoms with Gasteiger partial charge < -0.3 is 20.5 Å². The van der Waals surface area contributed by atoms with Gasteiger partial charge in [-0.05, 0) is 24.1 Å². The third-order valence-electron chi connectivity index (χ3n) is 3.80. The molecule has 0 saturated heterocycles. The summed E-state index contributed by atoms with van der Waals surface area (Å²) in [5.74, 6) is 1.15. The number of nitrogens with zero attached hydrogens (tertiary/aromatic N) is 1. The lowest BCUT2D eigenvalue weighted by molar-refractivity contribution is 0.0946. The first kappa shape index (κ1) is 19.2. The van der Waals surface area contributed by atoms with Gasteiger partial charge in [0.05, 0.1) is 20.3 Å². The van der Waals surface area contributed by atoms with Crippen LogP contribution in [-0.4, -0.2) is 25.1 Å². The number of thiazole rings is 1. The number of rotatable bonds is 9. The molecule has 7 heteroatoms. The van der Waals surface area contributed by atoms with Gasteiger partial charge in [-0.15, -0.1) is 11.3 Å². The first-order chi connectivity index (χ1) is 12.1. The van der Waals surface area contributed by atoms with E-state index in [1.54, 1.807) is 25.7 Å². The van der Waals surface area contributed by atoms with E-state index in [1.165, 1.54) is 11.3 Å². The molecule has 6 nitrogen and oxygen atoms in total. The summed E-state index contributed by atoms with van der Waals surface area (Å²) in [4.78, 5) is 16.7. The highest BCUT2D eigenvalue weighted by molar-refractivity contribution is 7.09. The molecule has 0 radical (unpaired) electrons. The van der Waals surface area contributed by atoms with Gasteiger partial charge in [-0.25, -0.2) is 4.98 Å². The molecule has 3 N–H and O–H groups in total. The van der Waals surface area contributed by atoms with Crippen LogP contribution in [0.1, 0.15) is 53.3 Å². The molecule has 0 aliphatic heterocycles. The van der Waals surface area contributed by atoms with E-state index < -0.39 is 0 Å². The summed E-state index contributed by atoms with van der Waals surface area (Å²) in [7, 11) is 3.19. The van der Waals surface area contributed by atoms with Gasteiger partial charge in [0, 0.05) is 18.0 Å². The van der Waals surface area contributed by atoms with Crippen LogP contribution in [0.4, 0.5) is 0 Å². The number of carbonyl (C=O) groups is 1. The van der Waals surface area contributed by atoms with Crippen LogP contribution in [0.5, 0.6) is 11.5 Å². The van der Waals surface area contributed by atoms with E-state index in [4.69, 9.17) is 15.2 Å². The van der Waals surface area contributed by atoms with E-state index in [0.717, 1.165) is 29.8 Å². The summed E-state index contributed by atoms with van der Waals surface area (Å²) in [6.07, 6.45) is 3.03. The van der Waals surface area contributed by atoms with E-state index in [2.05, 4.69) is 17.2 Å². The quantitative estimate of drug-likeness (QED) is 0.714. The van der Waals surface area contributed by atoms with E-state index in [1.807, 2.05) is 12.1 Å². The molecular formula is C18H25N3O3S. The number of unbranched alkanes of at least 4 members (excludes halogenated alkanes) is 1. The first-order valence-corrected chi connectivity index (χ1v) is 9.16. The van der Waals surface area contributed by atoms with Gasteiger partial charge >= 0.3 is 0 Å². The molecule has 1 aromatic heterocycles. The fraction of sp³-hybridized carbons (Fsp3) is 0.444. The Bertz CT molecular complexity index is 680. The summed E-state index contributed by atoms with van der Waals surface area (Å²) in [6, 6.07) is 5.40. The highest BCUT2D eigenvalue weighted by Gasteiger charge is 2.15. The number of methoxy groups -OCH3 is 2. The van der Waals surface area contributed by atoms with Crippen LogP contribution >= 0.6 is 11.3 Å². The van der Waals surface area contributed by atoms with Gasteiger partial charge in [0.2, 0.25) is 0 Å². The average molecular weight is 363 g/mol. The van der Waals surface area contributed by atoms with Crippen molar-refractivity contribution in [2.45, 2.75) is 38.8 Å². The van der Waals surface area contributed by atoms with Gasteiger partial charge in [0.1, 0.15) is 22.2 Å². The molecule has 25 heavy (non-hydrogen) atoms. The highest BCUT2D eigenvalue weighted by Crippen LogP contribution is 2.23. The molecule has 1 heterocycles. The molecule has 1 unspecified atom stereocenters. The predicted molar refractivity (Wildman–Crippen MR) is 99.3 cm³/mol. The maximum absolute atomic E-state index is 12.3. The number of hydrogen-bond donors (Lipinski definition) is 2. The maximum atomic E-state index is 12.3. The molecule has 0 saturated carbocycles. The van der Waals surface area contributed by atoms with Crippen LogP contribution in [0.3, 0.4) is 0 Å². The minimum Gasteiger partial charge on any atom is -0.497 e. The van der Waals surface area contributed by atoms with E-state index in [0.29, 0.717) is 23.7 Å². The van der Waals surface area contributed by atoms with Crippen molar-refractivity contribution in [2.75, 3.05) is 14.2 Å². The second-order valence-electron chi connectivity index (χ2n) is 5.72. The lowest BCUT2D eigenvalue weighted by atomic mass is 10.1. The van der Waals surface area contributed by atoms with Crippen molar-refractivity contribution < 1.29 is 14.3 Å². The number of carbonyl (C=O) groups excluding carboxylic acids is 1. The number of aromatic nitrogens is 1. The number of nitrogens with two attached hydrogens (primary N) is 1. The van der Waals surface area contributed by atoms with Crippen molar-refractivity contribution in [1.29, 1.82) is 0 Å². The third kappa shape index (κ3) is 5.44. The number of hydrogen-bond acceptors (Lipinski definition) is 6. The van der Waals surface area contributed by atoms with Crippen molar-refractivity contribution in [3.63, 3.8) is 0 Å². The number of nitrogens with one attached hydrogen (secondary N) is 1. The Morgan fingerprint density at radius 1 is 1.28 bits per heavy atom. The molecule has 0 spiro atoms. The van der Waals surface area contributed by atoms with Gasteiger partial charge in [0.25, 0.3) is 5.91 Å². The molecule has 0 aliphatic rings. The lowest BCUT2D eigenvalue weighted by Gasteiger charge is -2.09. The number of ether oxygens (including phenoxy) is 2.